The van der Waals surface area contributed by atoms with E-state index >= 15 is 0 Å². The van der Waals surface area contributed by atoms with Gasteiger partial charge in [-0.2, -0.15) is 0 Å². The number of para-hydroxylation sites is 2. The summed E-state index contributed by atoms with van der Waals surface area (Å²) in [6.07, 6.45) is 0.475. The second-order valence-corrected chi connectivity index (χ2v) is 14.4. The molecule has 232 valence electrons. The van der Waals surface area contributed by atoms with E-state index in [1.807, 2.05) is 70.9 Å². The van der Waals surface area contributed by atoms with Crippen LogP contribution in [0.1, 0.15) is 31.4 Å². The summed E-state index contributed by atoms with van der Waals surface area (Å²) in [5, 5.41) is 11.8. The molecule has 6 rings (SSSR count). The van der Waals surface area contributed by atoms with E-state index in [1.165, 1.54) is 33.8 Å². The van der Waals surface area contributed by atoms with Crippen LogP contribution in [-0.2, 0) is 16.4 Å². The Morgan fingerprint density at radius 2 is 1.69 bits per heavy atom. The molecule has 1 N–H and O–H groups in total. The number of fused-ring (bicyclic) bond motifs is 1. The lowest BCUT2D eigenvalue weighted by Crippen LogP contribution is -2.49. The largest absolute Gasteiger partial charge is 0.475 e. The summed E-state index contributed by atoms with van der Waals surface area (Å²) in [4.78, 5) is 29.4. The van der Waals surface area contributed by atoms with E-state index in [0.717, 1.165) is 15.7 Å². The van der Waals surface area contributed by atoms with Gasteiger partial charge in [-0.15, -0.1) is 11.3 Å². The molecule has 0 unspecified atom stereocenters. The van der Waals surface area contributed by atoms with Crippen molar-refractivity contribution in [2.24, 2.45) is 0 Å². The number of anilines is 2. The average molecular weight is 709 g/mol. The number of nitrogens with zero attached hydrogens (tertiary/aromatic N) is 3. The summed E-state index contributed by atoms with van der Waals surface area (Å²) >= 11 is 4.82. The highest BCUT2D eigenvalue weighted by Crippen LogP contribution is 2.36. The van der Waals surface area contributed by atoms with Gasteiger partial charge in [0.25, 0.3) is 15.9 Å². The Hall–Kier alpha value is -4.13. The minimum Gasteiger partial charge on any atom is -0.475 e. The number of furan rings is 1. The first kappa shape index (κ1) is 30.9. The number of amides is 1. The third kappa shape index (κ3) is 6.22. The van der Waals surface area contributed by atoms with Crippen molar-refractivity contribution in [1.82, 2.24) is 4.90 Å². The molecule has 0 spiro atoms. The van der Waals surface area contributed by atoms with E-state index in [0.29, 0.717) is 59.7 Å². The van der Waals surface area contributed by atoms with Crippen LogP contribution in [0.25, 0.3) is 11.0 Å². The van der Waals surface area contributed by atoms with E-state index < -0.39 is 16.0 Å². The summed E-state index contributed by atoms with van der Waals surface area (Å²) in [5.41, 5.74) is 2.96. The molecule has 45 heavy (non-hydrogen) atoms. The second-order valence-electron chi connectivity index (χ2n) is 10.7. The Balaban J connectivity index is 1.34. The Morgan fingerprint density at radius 1 is 0.978 bits per heavy atom. The van der Waals surface area contributed by atoms with E-state index in [9.17, 15) is 23.1 Å². The number of thiophene rings is 1. The summed E-state index contributed by atoms with van der Waals surface area (Å²) in [5.74, 6) is -1.44. The minimum atomic E-state index is -4.11. The van der Waals surface area contributed by atoms with Crippen molar-refractivity contribution in [1.29, 1.82) is 0 Å². The number of hydrogen-bond acceptors (Lipinski definition) is 7. The summed E-state index contributed by atoms with van der Waals surface area (Å²) in [6.45, 7) is 3.87. The van der Waals surface area contributed by atoms with Gasteiger partial charge in [0.05, 0.1) is 21.1 Å². The van der Waals surface area contributed by atoms with Gasteiger partial charge >= 0.3 is 5.97 Å². The first-order chi connectivity index (χ1) is 21.6. The molecule has 0 aliphatic carbocycles. The standard InChI is InChI=1S/C33H30BrN3O6S2/c1-22-26-20-25(11-12-29(26)43-31(22)33(39)40)45(41,42)37(14-13-23-7-3-2-4-8-23)28-10-6-5-9-27(28)35-15-17-36(18-16-35)32(38)30-19-24(34)21-44-30/h2-12,19-21H,13-18H2,1H3,(H,39,40). The summed E-state index contributed by atoms with van der Waals surface area (Å²) in [6, 6.07) is 23.4. The molecule has 1 saturated heterocycles. The van der Waals surface area contributed by atoms with Crippen LogP contribution >= 0.6 is 27.3 Å². The van der Waals surface area contributed by atoms with Gasteiger partial charge in [-0.05, 0) is 71.2 Å². The smallest absolute Gasteiger partial charge is 0.372 e. The first-order valence-corrected chi connectivity index (χ1v) is 17.4. The molecule has 0 saturated carbocycles. The highest BCUT2D eigenvalue weighted by molar-refractivity contribution is 9.10. The molecule has 1 fully saturated rings. The fourth-order valence-electron chi connectivity index (χ4n) is 5.61. The van der Waals surface area contributed by atoms with Crippen molar-refractivity contribution < 1.29 is 27.5 Å². The SMILES string of the molecule is Cc1c(C(=O)O)oc2ccc(S(=O)(=O)N(CCc3ccccc3)c3ccccc3N3CCN(C(=O)c4cc(Br)cs4)CC3)cc12. The fraction of sp³-hybridized carbons (Fsp3) is 0.212. The molecule has 0 bridgehead atoms. The highest BCUT2D eigenvalue weighted by Gasteiger charge is 2.31. The van der Waals surface area contributed by atoms with Crippen molar-refractivity contribution in [3.8, 4) is 0 Å². The number of rotatable bonds is 9. The maximum atomic E-state index is 14.5. The number of carbonyl (C=O) groups is 2. The lowest BCUT2D eigenvalue weighted by atomic mass is 10.1. The Bertz CT molecular complexity index is 1980. The lowest BCUT2D eigenvalue weighted by Gasteiger charge is -2.38. The molecule has 1 aliphatic heterocycles. The zero-order valence-corrected chi connectivity index (χ0v) is 27.6. The van der Waals surface area contributed by atoms with Crippen molar-refractivity contribution in [2.45, 2.75) is 18.2 Å². The molecule has 0 atom stereocenters. The lowest BCUT2D eigenvalue weighted by molar-refractivity contribution is 0.0663. The van der Waals surface area contributed by atoms with Gasteiger partial charge in [0.2, 0.25) is 5.76 Å². The molecule has 3 heterocycles. The number of piperazine rings is 1. The summed E-state index contributed by atoms with van der Waals surface area (Å²) in [7, 11) is -4.11. The number of halogens is 1. The monoisotopic (exact) mass is 707 g/mol. The maximum Gasteiger partial charge on any atom is 0.372 e. The van der Waals surface area contributed by atoms with Crippen LogP contribution in [0.3, 0.4) is 0 Å². The van der Waals surface area contributed by atoms with Crippen LogP contribution in [0.15, 0.2) is 98.0 Å². The Morgan fingerprint density at radius 3 is 2.38 bits per heavy atom. The van der Waals surface area contributed by atoms with Gasteiger partial charge in [-0.25, -0.2) is 13.2 Å². The van der Waals surface area contributed by atoms with Crippen molar-refractivity contribution >= 4 is 71.5 Å². The second kappa shape index (κ2) is 12.7. The number of benzene rings is 3. The molecule has 1 aliphatic rings. The van der Waals surface area contributed by atoms with Crippen LogP contribution in [0, 0.1) is 6.92 Å². The predicted molar refractivity (Wildman–Crippen MR) is 179 cm³/mol. The van der Waals surface area contributed by atoms with Crippen LogP contribution in [0.5, 0.6) is 0 Å². The topological polar surface area (TPSA) is 111 Å². The number of hydrogen-bond donors (Lipinski definition) is 1. The van der Waals surface area contributed by atoms with E-state index in [2.05, 4.69) is 20.8 Å². The van der Waals surface area contributed by atoms with Gasteiger partial charge in [0.1, 0.15) is 5.58 Å². The Kier molecular flexibility index (Phi) is 8.71. The van der Waals surface area contributed by atoms with Crippen molar-refractivity contribution in [3.63, 3.8) is 0 Å². The van der Waals surface area contributed by atoms with Crippen molar-refractivity contribution in [2.75, 3.05) is 41.9 Å². The minimum absolute atomic E-state index is 0.0123. The molecule has 1 amide bonds. The van der Waals surface area contributed by atoms with Gasteiger partial charge in [0, 0.05) is 53.5 Å². The quantitative estimate of drug-likeness (QED) is 0.182. The Labute approximate surface area is 273 Å². The van der Waals surface area contributed by atoms with E-state index in [1.54, 1.807) is 6.92 Å². The normalized spacial score (nSPS) is 13.7. The number of carboxylic acid groups (broad SMARTS) is 1. The summed E-state index contributed by atoms with van der Waals surface area (Å²) < 4.78 is 36.8. The van der Waals surface area contributed by atoms with Gasteiger partial charge in [-0.3, -0.25) is 9.10 Å². The van der Waals surface area contributed by atoms with Gasteiger partial charge in [0.15, 0.2) is 0 Å². The molecule has 9 nitrogen and oxygen atoms in total. The fourth-order valence-corrected chi connectivity index (χ4v) is 8.51. The number of sulfonamides is 1. The van der Waals surface area contributed by atoms with E-state index in [-0.39, 0.29) is 23.1 Å². The van der Waals surface area contributed by atoms with Gasteiger partial charge < -0.3 is 19.3 Å². The number of aryl methyl sites for hydroxylation is 1. The van der Waals surface area contributed by atoms with Crippen LogP contribution < -0.4 is 9.21 Å². The third-order valence-corrected chi connectivity index (χ3v) is 11.5. The zero-order chi connectivity index (χ0) is 31.7. The molecular formula is C33H30BrN3O6S2. The molecule has 0 radical (unpaired) electrons. The number of carboxylic acids is 1. The van der Waals surface area contributed by atoms with Crippen LogP contribution in [0.2, 0.25) is 0 Å². The predicted octanol–water partition coefficient (Wildman–Crippen LogP) is 6.66. The third-order valence-electron chi connectivity index (χ3n) is 7.97. The maximum absolute atomic E-state index is 14.5. The van der Waals surface area contributed by atoms with Gasteiger partial charge in [-0.1, -0.05) is 42.5 Å². The molecule has 12 heteroatoms. The zero-order valence-electron chi connectivity index (χ0n) is 24.4. The molecular weight excluding hydrogens is 678 g/mol. The van der Waals surface area contributed by atoms with E-state index in [4.69, 9.17) is 4.42 Å². The number of carbonyl (C=O) groups excluding carboxylic acids is 1. The average Bonchev–Trinajstić information content (AvgIpc) is 3.64. The first-order valence-electron chi connectivity index (χ1n) is 14.3. The molecule has 2 aromatic heterocycles. The molecule has 3 aromatic carbocycles. The van der Waals surface area contributed by atoms with Crippen LogP contribution in [0.4, 0.5) is 11.4 Å². The van der Waals surface area contributed by atoms with Crippen molar-refractivity contribution in [3.05, 3.63) is 110 Å². The highest BCUT2D eigenvalue weighted by atomic mass is 79.9. The molecule has 5 aromatic rings. The number of aromatic carboxylic acids is 1. The van der Waals surface area contributed by atoms with Crippen LogP contribution in [-0.4, -0.2) is 63.0 Å².